The zero-order valence-electron chi connectivity index (χ0n) is 15.6. The number of hydrogen-bond donors (Lipinski definition) is 0. The first-order valence-corrected chi connectivity index (χ1v) is 9.16. The Kier molecular flexibility index (Phi) is 5.97. The molecular formula is C23H23NO3. The third-order valence-corrected chi connectivity index (χ3v) is 4.50. The van der Waals surface area contributed by atoms with E-state index in [2.05, 4.69) is 18.8 Å². The Bertz CT molecular complexity index is 945. The number of Topliss-reactive ketones (excluding diaryl/α,β-unsaturated/α-hetero) is 1. The number of aryl methyl sites for hydroxylation is 1. The summed E-state index contributed by atoms with van der Waals surface area (Å²) >= 11 is 0. The van der Waals surface area contributed by atoms with Gasteiger partial charge in [-0.25, -0.2) is 0 Å². The zero-order valence-corrected chi connectivity index (χ0v) is 15.6. The largest absolute Gasteiger partial charge is 0.457 e. The third kappa shape index (κ3) is 5.00. The van der Waals surface area contributed by atoms with Crippen molar-refractivity contribution in [2.45, 2.75) is 32.6 Å². The van der Waals surface area contributed by atoms with Gasteiger partial charge in [-0.2, -0.15) is 0 Å². The van der Waals surface area contributed by atoms with E-state index in [4.69, 9.17) is 4.74 Å². The van der Waals surface area contributed by atoms with Crippen molar-refractivity contribution in [3.05, 3.63) is 77.5 Å². The highest BCUT2D eigenvalue weighted by atomic mass is 16.5. The third-order valence-electron chi connectivity index (χ3n) is 4.50. The first-order chi connectivity index (χ1) is 13.0. The first kappa shape index (κ1) is 18.8. The van der Waals surface area contributed by atoms with E-state index in [9.17, 15) is 9.59 Å². The molecular weight excluding hydrogens is 338 g/mol. The topological polar surface area (TPSA) is 56.3 Å². The number of carbonyl (C=O) groups is 2. The molecule has 0 N–H and O–H groups in total. The van der Waals surface area contributed by atoms with Gasteiger partial charge in [-0.05, 0) is 23.6 Å². The number of ketones is 1. The van der Waals surface area contributed by atoms with Crippen molar-refractivity contribution in [1.82, 2.24) is 4.98 Å². The van der Waals surface area contributed by atoms with Crippen molar-refractivity contribution in [2.75, 3.05) is 6.61 Å². The number of rotatable bonds is 7. The molecule has 0 saturated carbocycles. The van der Waals surface area contributed by atoms with Crippen LogP contribution in [0.3, 0.4) is 0 Å². The maximum absolute atomic E-state index is 12.2. The molecule has 0 saturated heterocycles. The Balaban J connectivity index is 1.49. The minimum Gasteiger partial charge on any atom is -0.457 e. The number of fused-ring (bicyclic) bond motifs is 1. The lowest BCUT2D eigenvalue weighted by atomic mass is 10.0. The summed E-state index contributed by atoms with van der Waals surface area (Å²) in [6.45, 7) is 3.97. The average Bonchev–Trinajstić information content (AvgIpc) is 2.70. The molecule has 27 heavy (non-hydrogen) atoms. The summed E-state index contributed by atoms with van der Waals surface area (Å²) in [7, 11) is 0. The summed E-state index contributed by atoms with van der Waals surface area (Å²) < 4.78 is 5.13. The Hall–Kier alpha value is -3.01. The van der Waals surface area contributed by atoms with E-state index < -0.39 is 5.97 Å². The summed E-state index contributed by atoms with van der Waals surface area (Å²) in [6, 6.07) is 19.2. The molecule has 0 bridgehead atoms. The standard InChI is InChI=1S/C23H23NO3/c1-16(2)17-7-9-19(10-8-17)22(25)15-27-23(26)14-13-20-12-11-18-5-3-4-6-21(18)24-20/h3-12,16H,13-15H2,1-2H3. The van der Waals surface area contributed by atoms with Gasteiger partial charge in [-0.1, -0.05) is 62.4 Å². The fraction of sp³-hybridized carbons (Fsp3) is 0.261. The van der Waals surface area contributed by atoms with Crippen LogP contribution in [0.25, 0.3) is 10.9 Å². The average molecular weight is 361 g/mol. The maximum Gasteiger partial charge on any atom is 0.306 e. The van der Waals surface area contributed by atoms with Crippen LogP contribution >= 0.6 is 0 Å². The summed E-state index contributed by atoms with van der Waals surface area (Å²) in [6.07, 6.45) is 0.686. The van der Waals surface area contributed by atoms with Gasteiger partial charge >= 0.3 is 5.97 Å². The van der Waals surface area contributed by atoms with E-state index in [1.165, 1.54) is 5.56 Å². The molecule has 0 amide bonds. The lowest BCUT2D eigenvalue weighted by molar-refractivity contribution is -0.142. The van der Waals surface area contributed by atoms with Gasteiger partial charge in [0, 0.05) is 23.1 Å². The van der Waals surface area contributed by atoms with Crippen LogP contribution in [-0.4, -0.2) is 23.3 Å². The number of para-hydroxylation sites is 1. The van der Waals surface area contributed by atoms with Gasteiger partial charge in [0.05, 0.1) is 11.9 Å². The Morgan fingerprint density at radius 3 is 2.44 bits per heavy atom. The first-order valence-electron chi connectivity index (χ1n) is 9.16. The molecule has 4 nitrogen and oxygen atoms in total. The monoisotopic (exact) mass is 361 g/mol. The van der Waals surface area contributed by atoms with Crippen LogP contribution in [0.5, 0.6) is 0 Å². The zero-order chi connectivity index (χ0) is 19.2. The molecule has 0 unspecified atom stereocenters. The van der Waals surface area contributed by atoms with Gasteiger partial charge in [0.2, 0.25) is 0 Å². The lowest BCUT2D eigenvalue weighted by Crippen LogP contribution is -2.14. The molecule has 0 atom stereocenters. The summed E-state index contributed by atoms with van der Waals surface area (Å²) in [5, 5.41) is 1.07. The van der Waals surface area contributed by atoms with Crippen molar-refractivity contribution < 1.29 is 14.3 Å². The van der Waals surface area contributed by atoms with Crippen LogP contribution in [-0.2, 0) is 16.0 Å². The normalized spacial score (nSPS) is 10.9. The molecule has 138 valence electrons. The van der Waals surface area contributed by atoms with Crippen LogP contribution in [0.4, 0.5) is 0 Å². The van der Waals surface area contributed by atoms with Gasteiger partial charge in [-0.15, -0.1) is 0 Å². The molecule has 1 aromatic heterocycles. The van der Waals surface area contributed by atoms with Gasteiger partial charge < -0.3 is 4.74 Å². The Morgan fingerprint density at radius 2 is 1.70 bits per heavy atom. The van der Waals surface area contributed by atoms with Crippen LogP contribution < -0.4 is 0 Å². The number of carbonyl (C=O) groups excluding carboxylic acids is 2. The van der Waals surface area contributed by atoms with Crippen molar-refractivity contribution in [1.29, 1.82) is 0 Å². The van der Waals surface area contributed by atoms with Gasteiger partial charge in [-0.3, -0.25) is 14.6 Å². The molecule has 0 fully saturated rings. The number of benzene rings is 2. The number of esters is 1. The summed E-state index contributed by atoms with van der Waals surface area (Å²) in [5.41, 5.74) is 3.47. The second kappa shape index (κ2) is 8.58. The molecule has 2 aromatic carbocycles. The smallest absolute Gasteiger partial charge is 0.306 e. The van der Waals surface area contributed by atoms with E-state index >= 15 is 0 Å². The van der Waals surface area contributed by atoms with Crippen LogP contribution in [0, 0.1) is 0 Å². The van der Waals surface area contributed by atoms with Gasteiger partial charge in [0.15, 0.2) is 12.4 Å². The second-order valence-corrected chi connectivity index (χ2v) is 6.86. The number of hydrogen-bond acceptors (Lipinski definition) is 4. The van der Waals surface area contributed by atoms with Gasteiger partial charge in [0.1, 0.15) is 0 Å². The van der Waals surface area contributed by atoms with E-state index in [0.29, 0.717) is 17.9 Å². The highest BCUT2D eigenvalue weighted by Crippen LogP contribution is 2.15. The molecule has 0 spiro atoms. The Labute approximate surface area is 159 Å². The number of aromatic nitrogens is 1. The predicted molar refractivity (Wildman–Crippen MR) is 106 cm³/mol. The van der Waals surface area contributed by atoms with E-state index in [1.807, 2.05) is 48.5 Å². The molecule has 0 aliphatic rings. The van der Waals surface area contributed by atoms with Gasteiger partial charge in [0.25, 0.3) is 0 Å². The molecule has 0 aliphatic carbocycles. The van der Waals surface area contributed by atoms with E-state index in [-0.39, 0.29) is 18.8 Å². The van der Waals surface area contributed by atoms with Crippen LogP contribution in [0.2, 0.25) is 0 Å². The predicted octanol–water partition coefficient (Wildman–Crippen LogP) is 4.72. The number of pyridine rings is 1. The second-order valence-electron chi connectivity index (χ2n) is 6.86. The highest BCUT2D eigenvalue weighted by Gasteiger charge is 2.11. The van der Waals surface area contributed by atoms with Crippen molar-refractivity contribution in [3.63, 3.8) is 0 Å². The fourth-order valence-corrected chi connectivity index (χ4v) is 2.83. The minimum atomic E-state index is -0.392. The molecule has 4 heteroatoms. The SMILES string of the molecule is CC(C)c1ccc(C(=O)COC(=O)CCc2ccc3ccccc3n2)cc1. The van der Waals surface area contributed by atoms with E-state index in [0.717, 1.165) is 16.6 Å². The lowest BCUT2D eigenvalue weighted by Gasteiger charge is -2.07. The summed E-state index contributed by atoms with van der Waals surface area (Å²) in [4.78, 5) is 28.7. The number of nitrogens with zero attached hydrogens (tertiary/aromatic N) is 1. The maximum atomic E-state index is 12.2. The van der Waals surface area contributed by atoms with Crippen LogP contribution in [0.15, 0.2) is 60.7 Å². The number of ether oxygens (including phenoxy) is 1. The molecule has 0 radical (unpaired) electrons. The van der Waals surface area contributed by atoms with Crippen LogP contribution in [0.1, 0.15) is 47.8 Å². The quantitative estimate of drug-likeness (QED) is 0.451. The fourth-order valence-electron chi connectivity index (χ4n) is 2.83. The molecule has 1 heterocycles. The van der Waals surface area contributed by atoms with Crippen molar-refractivity contribution >= 4 is 22.7 Å². The van der Waals surface area contributed by atoms with Crippen molar-refractivity contribution in [3.8, 4) is 0 Å². The van der Waals surface area contributed by atoms with Crippen molar-refractivity contribution in [2.24, 2.45) is 0 Å². The molecule has 3 aromatic rings. The molecule has 0 aliphatic heterocycles. The Morgan fingerprint density at radius 1 is 0.963 bits per heavy atom. The minimum absolute atomic E-state index is 0.192. The molecule has 3 rings (SSSR count). The highest BCUT2D eigenvalue weighted by molar-refractivity contribution is 5.98. The summed E-state index contributed by atoms with van der Waals surface area (Å²) in [5.74, 6) is -0.171. The van der Waals surface area contributed by atoms with E-state index in [1.54, 1.807) is 12.1 Å².